The zero-order chi connectivity index (χ0) is 28.0. The first-order valence-corrected chi connectivity index (χ1v) is 17.1. The van der Waals surface area contributed by atoms with Gasteiger partial charge in [-0.05, 0) is 12.8 Å². The number of hydrogen-bond donors (Lipinski definition) is 0. The fourth-order valence-electron chi connectivity index (χ4n) is 4.49. The fraction of sp³-hybridized carbons (Fsp3) is 0.931. The first kappa shape index (κ1) is 35.2. The Morgan fingerprint density at radius 2 is 1.37 bits per heavy atom. The van der Waals surface area contributed by atoms with E-state index in [0.717, 1.165) is 6.42 Å². The van der Waals surface area contributed by atoms with E-state index in [1.807, 2.05) is 21.1 Å². The summed E-state index contributed by atoms with van der Waals surface area (Å²) < 4.78 is 25.8. The molecule has 38 heavy (non-hydrogen) atoms. The fourth-order valence-corrected chi connectivity index (χ4v) is 5.60. The number of quaternary nitrogens is 1. The van der Waals surface area contributed by atoms with E-state index in [-0.39, 0.29) is 18.8 Å². The van der Waals surface area contributed by atoms with Crippen molar-refractivity contribution in [3.05, 3.63) is 12.7 Å². The van der Waals surface area contributed by atoms with Gasteiger partial charge in [-0.2, -0.15) is 5.10 Å². The highest BCUT2D eigenvalue weighted by molar-refractivity contribution is 7.51. The molecule has 1 aromatic rings. The lowest BCUT2D eigenvalue weighted by molar-refractivity contribution is -0.870. The van der Waals surface area contributed by atoms with Crippen LogP contribution in [-0.4, -0.2) is 72.9 Å². The first-order chi connectivity index (χ1) is 18.2. The molecule has 2 atom stereocenters. The molecule has 1 aromatic heterocycles. The molecule has 0 spiro atoms. The Labute approximate surface area is 234 Å². The second-order valence-corrected chi connectivity index (χ2v) is 13.8. The Morgan fingerprint density at radius 1 is 0.842 bits per heavy atom. The molecule has 0 aliphatic heterocycles. The van der Waals surface area contributed by atoms with E-state index < -0.39 is 7.60 Å². The van der Waals surface area contributed by atoms with Gasteiger partial charge >= 0.3 is 0 Å². The highest BCUT2D eigenvalue weighted by atomic mass is 31.2. The number of unbranched alkanes of at least 4 members (excludes halogenated alkanes) is 15. The molecule has 1 rings (SSSR count). The van der Waals surface area contributed by atoms with Crippen LogP contribution in [0, 0.1) is 0 Å². The summed E-state index contributed by atoms with van der Waals surface area (Å²) in [4.78, 5) is 16.4. The van der Waals surface area contributed by atoms with Crippen LogP contribution in [0.1, 0.15) is 122 Å². The Morgan fingerprint density at radius 3 is 1.84 bits per heavy atom. The lowest BCUT2D eigenvalue weighted by atomic mass is 10.0. The van der Waals surface area contributed by atoms with E-state index in [2.05, 4.69) is 17.0 Å². The number of likely N-dealkylation sites (N-methyl/N-ethyl adjacent to an activating group) is 1. The Hall–Kier alpha value is -0.790. The van der Waals surface area contributed by atoms with Crippen LogP contribution in [0.5, 0.6) is 0 Å². The Balaban J connectivity index is 2.04. The molecule has 8 nitrogen and oxygen atoms in total. The van der Waals surface area contributed by atoms with Crippen molar-refractivity contribution in [3.63, 3.8) is 0 Å². The number of hydrogen-bond acceptors (Lipinski definition) is 6. The van der Waals surface area contributed by atoms with Gasteiger partial charge in [0.1, 0.15) is 33.4 Å². The molecule has 9 heteroatoms. The van der Waals surface area contributed by atoms with Crippen molar-refractivity contribution in [2.45, 2.75) is 122 Å². The summed E-state index contributed by atoms with van der Waals surface area (Å²) >= 11 is 0. The zero-order valence-corrected chi connectivity index (χ0v) is 26.1. The van der Waals surface area contributed by atoms with E-state index in [1.165, 1.54) is 103 Å². The van der Waals surface area contributed by atoms with Crippen molar-refractivity contribution in [3.8, 4) is 0 Å². The summed E-state index contributed by atoms with van der Waals surface area (Å²) in [5.41, 5.74) is 0. The minimum atomic E-state index is -3.89. The summed E-state index contributed by atoms with van der Waals surface area (Å²) in [6.45, 7) is 4.25. The van der Waals surface area contributed by atoms with Gasteiger partial charge in [-0.1, -0.05) is 103 Å². The standard InChI is InChI=1S/C29H59N4O4P/c1-5-6-7-8-9-10-11-12-13-14-15-16-17-18-19-20-23-36-26-29(32-28-30-27-31-32)21-25-38(34,35)37-24-22-33(2,3)4/h27-29H,5-26H2,1-4H3. The SMILES string of the molecule is CCCCCCCCCCCCCCCCCCOCC(CCP(=O)([O-])OCC[N+](C)(C)C)n1cncn1. The Kier molecular flexibility index (Phi) is 20.4. The number of ether oxygens (including phenoxy) is 1. The molecule has 0 N–H and O–H groups in total. The molecule has 224 valence electrons. The normalized spacial score (nSPS) is 14.6. The van der Waals surface area contributed by atoms with Crippen LogP contribution in [0.3, 0.4) is 0 Å². The topological polar surface area (TPSA) is 89.3 Å². The van der Waals surface area contributed by atoms with Gasteiger partial charge in [0, 0.05) is 12.8 Å². The van der Waals surface area contributed by atoms with Crippen molar-refractivity contribution < 1.29 is 23.2 Å². The number of rotatable bonds is 27. The molecule has 0 radical (unpaired) electrons. The third kappa shape index (κ3) is 21.1. The van der Waals surface area contributed by atoms with Crippen molar-refractivity contribution >= 4 is 7.60 Å². The average molecular weight is 559 g/mol. The van der Waals surface area contributed by atoms with E-state index >= 15 is 0 Å². The lowest BCUT2D eigenvalue weighted by Gasteiger charge is -2.28. The van der Waals surface area contributed by atoms with Gasteiger partial charge in [0.25, 0.3) is 0 Å². The monoisotopic (exact) mass is 558 g/mol. The summed E-state index contributed by atoms with van der Waals surface area (Å²) in [6.07, 6.45) is 25.0. The lowest BCUT2D eigenvalue weighted by Crippen LogP contribution is -2.37. The second kappa shape index (κ2) is 22.0. The second-order valence-electron chi connectivity index (χ2n) is 11.9. The highest BCUT2D eigenvalue weighted by Crippen LogP contribution is 2.39. The van der Waals surface area contributed by atoms with Gasteiger partial charge in [0.05, 0.1) is 33.8 Å². The van der Waals surface area contributed by atoms with E-state index in [9.17, 15) is 9.46 Å². The maximum atomic E-state index is 12.3. The van der Waals surface area contributed by atoms with E-state index in [1.54, 1.807) is 11.0 Å². The van der Waals surface area contributed by atoms with Crippen molar-refractivity contribution in [1.29, 1.82) is 0 Å². The largest absolute Gasteiger partial charge is 0.778 e. The number of nitrogens with zero attached hydrogens (tertiary/aromatic N) is 4. The summed E-state index contributed by atoms with van der Waals surface area (Å²) in [7, 11) is 2.14. The summed E-state index contributed by atoms with van der Waals surface area (Å²) in [5, 5.41) is 4.20. The van der Waals surface area contributed by atoms with Gasteiger partial charge in [-0.3, -0.25) is 0 Å². The van der Waals surface area contributed by atoms with Gasteiger partial charge in [-0.15, -0.1) is 0 Å². The quantitative estimate of drug-likeness (QED) is 0.0673. The zero-order valence-electron chi connectivity index (χ0n) is 25.2. The third-order valence-electron chi connectivity index (χ3n) is 7.05. The predicted octanol–water partition coefficient (Wildman–Crippen LogP) is 6.76. The number of aromatic nitrogens is 3. The van der Waals surface area contributed by atoms with Crippen molar-refractivity contribution in [1.82, 2.24) is 14.8 Å². The van der Waals surface area contributed by atoms with Crippen LogP contribution in [-0.2, 0) is 13.8 Å². The van der Waals surface area contributed by atoms with Gasteiger partial charge in [-0.25, -0.2) is 9.67 Å². The van der Waals surface area contributed by atoms with Crippen molar-refractivity contribution in [2.24, 2.45) is 0 Å². The minimum absolute atomic E-state index is 0.0307. The molecule has 1 heterocycles. The van der Waals surface area contributed by atoms with Gasteiger partial charge in [0.15, 0.2) is 0 Å². The maximum Gasteiger partial charge on any atom is 0.137 e. The van der Waals surface area contributed by atoms with E-state index in [0.29, 0.717) is 30.7 Å². The molecule has 0 aliphatic rings. The molecule has 0 amide bonds. The Bertz CT molecular complexity index is 697. The van der Waals surface area contributed by atoms with Crippen LogP contribution < -0.4 is 4.89 Å². The van der Waals surface area contributed by atoms with Crippen molar-refractivity contribution in [2.75, 3.05) is 53.7 Å². The molecular formula is C29H59N4O4P. The van der Waals surface area contributed by atoms with Crippen LogP contribution in [0.4, 0.5) is 0 Å². The average Bonchev–Trinajstić information content (AvgIpc) is 3.39. The molecule has 2 unspecified atom stereocenters. The molecule has 0 aromatic carbocycles. The molecule has 0 bridgehead atoms. The molecule has 0 aliphatic carbocycles. The van der Waals surface area contributed by atoms with Crippen LogP contribution >= 0.6 is 7.60 Å². The maximum absolute atomic E-state index is 12.3. The van der Waals surface area contributed by atoms with Crippen LogP contribution in [0.25, 0.3) is 0 Å². The first-order valence-electron chi connectivity index (χ1n) is 15.4. The highest BCUT2D eigenvalue weighted by Gasteiger charge is 2.18. The third-order valence-corrected chi connectivity index (χ3v) is 8.43. The van der Waals surface area contributed by atoms with Crippen LogP contribution in [0.2, 0.25) is 0 Å². The molecule has 0 saturated heterocycles. The molecular weight excluding hydrogens is 499 g/mol. The smallest absolute Gasteiger partial charge is 0.137 e. The summed E-state index contributed by atoms with van der Waals surface area (Å²) in [5.74, 6) is 0. The molecule has 0 fully saturated rings. The summed E-state index contributed by atoms with van der Waals surface area (Å²) in [6, 6.07) is -0.164. The van der Waals surface area contributed by atoms with Crippen LogP contribution in [0.15, 0.2) is 12.7 Å². The molecule has 0 saturated carbocycles. The van der Waals surface area contributed by atoms with Gasteiger partial charge < -0.3 is 23.2 Å². The minimum Gasteiger partial charge on any atom is -0.778 e. The van der Waals surface area contributed by atoms with Gasteiger partial charge in [0.2, 0.25) is 0 Å². The van der Waals surface area contributed by atoms with E-state index in [4.69, 9.17) is 9.26 Å². The predicted molar refractivity (Wildman–Crippen MR) is 155 cm³/mol.